The van der Waals surface area contributed by atoms with Gasteiger partial charge < -0.3 is 24.9 Å². The zero-order chi connectivity index (χ0) is 23.1. The first kappa shape index (κ1) is 23.8. The van der Waals surface area contributed by atoms with Crippen LogP contribution in [0.2, 0.25) is 0 Å². The smallest absolute Gasteiger partial charge is 0.303 e. The van der Waals surface area contributed by atoms with Crippen LogP contribution in [-0.4, -0.2) is 44.6 Å². The number of hydrogen-bond acceptors (Lipinski definition) is 5. The van der Waals surface area contributed by atoms with E-state index in [9.17, 15) is 9.59 Å². The van der Waals surface area contributed by atoms with Crippen LogP contribution in [-0.2, 0) is 15.1 Å². The van der Waals surface area contributed by atoms with E-state index in [0.717, 1.165) is 44.4 Å². The standard InChI is InChI=1S/2C13H17NO2/c1-9-3-5-12-11(7-9)10(8-14(12)2)4-6-13(15)16;1-16-12-5-2-4-11(10-12)13(6-7-13)14-8-3-9-15/h3,5,7,10H,4,6,8H2,1-2H3,(H,15,16);2,4-5,9-10,14H,3,6-8H2,1H3. The molecule has 2 N–H and O–H groups in total. The van der Waals surface area contributed by atoms with E-state index in [4.69, 9.17) is 9.84 Å². The lowest BCUT2D eigenvalue weighted by Gasteiger charge is -2.17. The second kappa shape index (κ2) is 10.6. The maximum Gasteiger partial charge on any atom is 0.303 e. The average Bonchev–Trinajstić information content (AvgIpc) is 3.51. The molecule has 6 nitrogen and oxygen atoms in total. The SMILES string of the molecule is COc1cccc(C2(NCCC=O)CC2)c1.Cc1ccc2c(c1)C(CCC(=O)O)CN2C. The fraction of sp³-hybridized carbons (Fsp3) is 0.462. The normalized spacial score (nSPS) is 17.7. The molecule has 0 aromatic heterocycles. The molecule has 4 rings (SSSR count). The Kier molecular flexibility index (Phi) is 7.91. The number of benzene rings is 2. The Labute approximate surface area is 190 Å². The summed E-state index contributed by atoms with van der Waals surface area (Å²) in [4.78, 5) is 23.1. The van der Waals surface area contributed by atoms with Crippen molar-refractivity contribution in [3.05, 3.63) is 59.2 Å². The Morgan fingerprint density at radius 3 is 2.72 bits per heavy atom. The van der Waals surface area contributed by atoms with Crippen LogP contribution >= 0.6 is 0 Å². The summed E-state index contributed by atoms with van der Waals surface area (Å²) in [5.41, 5.74) is 5.16. The minimum atomic E-state index is -0.705. The van der Waals surface area contributed by atoms with Gasteiger partial charge in [0.05, 0.1) is 7.11 Å². The Morgan fingerprint density at radius 2 is 2.06 bits per heavy atom. The molecular formula is C26H34N2O4. The van der Waals surface area contributed by atoms with Gasteiger partial charge in [-0.25, -0.2) is 0 Å². The first-order chi connectivity index (χ1) is 15.4. The van der Waals surface area contributed by atoms with E-state index in [0.29, 0.717) is 12.3 Å². The summed E-state index contributed by atoms with van der Waals surface area (Å²) in [6, 6.07) is 14.6. The van der Waals surface area contributed by atoms with Crippen molar-refractivity contribution in [2.75, 3.05) is 32.1 Å². The Balaban J connectivity index is 0.000000181. The van der Waals surface area contributed by atoms with E-state index in [1.807, 2.05) is 12.1 Å². The highest BCUT2D eigenvalue weighted by Crippen LogP contribution is 2.46. The number of anilines is 1. The van der Waals surface area contributed by atoms with Crippen LogP contribution in [0.4, 0.5) is 5.69 Å². The summed E-state index contributed by atoms with van der Waals surface area (Å²) in [7, 11) is 3.74. The number of carbonyl (C=O) groups excluding carboxylic acids is 1. The molecule has 1 unspecified atom stereocenters. The van der Waals surface area contributed by atoms with Crippen LogP contribution in [0.15, 0.2) is 42.5 Å². The summed E-state index contributed by atoms with van der Waals surface area (Å²) in [5.74, 6) is 0.556. The van der Waals surface area contributed by atoms with E-state index in [-0.39, 0.29) is 12.0 Å². The molecule has 32 heavy (non-hydrogen) atoms. The number of hydrogen-bond donors (Lipinski definition) is 2. The van der Waals surface area contributed by atoms with Gasteiger partial charge in [-0.15, -0.1) is 0 Å². The molecule has 1 atom stereocenters. The molecule has 1 aliphatic heterocycles. The summed E-state index contributed by atoms with van der Waals surface area (Å²) >= 11 is 0. The van der Waals surface area contributed by atoms with E-state index in [1.54, 1.807) is 7.11 Å². The molecule has 1 saturated carbocycles. The minimum absolute atomic E-state index is 0.0948. The maximum atomic E-state index is 10.6. The highest BCUT2D eigenvalue weighted by atomic mass is 16.5. The quantitative estimate of drug-likeness (QED) is 0.450. The number of likely N-dealkylation sites (N-methyl/N-ethyl adjacent to an activating group) is 1. The van der Waals surface area contributed by atoms with Gasteiger partial charge in [0, 0.05) is 50.1 Å². The van der Waals surface area contributed by atoms with Gasteiger partial charge >= 0.3 is 5.97 Å². The lowest BCUT2D eigenvalue weighted by Crippen LogP contribution is -2.29. The highest BCUT2D eigenvalue weighted by molar-refractivity contribution is 5.67. The van der Waals surface area contributed by atoms with Gasteiger partial charge in [0.25, 0.3) is 0 Å². The predicted molar refractivity (Wildman–Crippen MR) is 127 cm³/mol. The van der Waals surface area contributed by atoms with Gasteiger partial charge in [-0.2, -0.15) is 0 Å². The Morgan fingerprint density at radius 1 is 1.28 bits per heavy atom. The number of carboxylic acids is 1. The number of fused-ring (bicyclic) bond motifs is 1. The van der Waals surface area contributed by atoms with Crippen molar-refractivity contribution in [1.29, 1.82) is 0 Å². The van der Waals surface area contributed by atoms with Gasteiger partial charge in [-0.05, 0) is 55.5 Å². The molecule has 1 heterocycles. The van der Waals surface area contributed by atoms with Crippen molar-refractivity contribution in [3.63, 3.8) is 0 Å². The van der Waals surface area contributed by atoms with Gasteiger partial charge in [0.15, 0.2) is 0 Å². The zero-order valence-electron chi connectivity index (χ0n) is 19.3. The third-order valence-corrected chi connectivity index (χ3v) is 6.33. The number of aldehydes is 1. The fourth-order valence-electron chi connectivity index (χ4n) is 4.40. The molecule has 2 aliphatic rings. The maximum absolute atomic E-state index is 10.6. The number of nitrogens with zero attached hydrogens (tertiary/aromatic N) is 1. The molecule has 0 saturated heterocycles. The van der Waals surface area contributed by atoms with E-state index < -0.39 is 5.97 Å². The summed E-state index contributed by atoms with van der Waals surface area (Å²) in [6.45, 7) is 3.76. The lowest BCUT2D eigenvalue weighted by molar-refractivity contribution is -0.137. The summed E-state index contributed by atoms with van der Waals surface area (Å²) in [6.07, 6.45) is 4.79. The van der Waals surface area contributed by atoms with Crippen molar-refractivity contribution in [2.45, 2.75) is 50.5 Å². The molecule has 0 amide bonds. The molecule has 0 spiro atoms. The molecule has 2 aromatic carbocycles. The van der Waals surface area contributed by atoms with Crippen LogP contribution in [0.3, 0.4) is 0 Å². The monoisotopic (exact) mass is 438 g/mol. The molecule has 1 aliphatic carbocycles. The number of ether oxygens (including phenoxy) is 1. The molecular weight excluding hydrogens is 404 g/mol. The lowest BCUT2D eigenvalue weighted by atomic mass is 9.95. The van der Waals surface area contributed by atoms with Crippen molar-refractivity contribution in [1.82, 2.24) is 5.32 Å². The minimum Gasteiger partial charge on any atom is -0.497 e. The van der Waals surface area contributed by atoms with Gasteiger partial charge in [-0.1, -0.05) is 29.8 Å². The fourth-order valence-corrected chi connectivity index (χ4v) is 4.40. The van der Waals surface area contributed by atoms with Gasteiger partial charge in [0.2, 0.25) is 0 Å². The summed E-state index contributed by atoms with van der Waals surface area (Å²) in [5, 5.41) is 12.2. The predicted octanol–water partition coefficient (Wildman–Crippen LogP) is 4.26. The molecule has 6 heteroatoms. The largest absolute Gasteiger partial charge is 0.497 e. The van der Waals surface area contributed by atoms with Gasteiger partial charge in [-0.3, -0.25) is 4.79 Å². The first-order valence-electron chi connectivity index (χ1n) is 11.2. The van der Waals surface area contributed by atoms with Crippen LogP contribution < -0.4 is 15.0 Å². The number of aliphatic carboxylic acids is 1. The third-order valence-electron chi connectivity index (χ3n) is 6.33. The third kappa shape index (κ3) is 5.88. The number of methoxy groups -OCH3 is 1. The van der Waals surface area contributed by atoms with Crippen LogP contribution in [0.5, 0.6) is 5.75 Å². The molecule has 0 bridgehead atoms. The second-order valence-corrected chi connectivity index (χ2v) is 8.77. The van der Waals surface area contributed by atoms with E-state index >= 15 is 0 Å². The molecule has 1 fully saturated rings. The highest BCUT2D eigenvalue weighted by Gasteiger charge is 2.43. The van der Waals surface area contributed by atoms with Crippen LogP contribution in [0, 0.1) is 6.92 Å². The van der Waals surface area contributed by atoms with E-state index in [1.165, 1.54) is 22.4 Å². The van der Waals surface area contributed by atoms with Crippen molar-refractivity contribution in [3.8, 4) is 5.75 Å². The number of nitrogens with one attached hydrogen (secondary N) is 1. The Hall–Kier alpha value is -2.86. The second-order valence-electron chi connectivity index (χ2n) is 8.77. The van der Waals surface area contributed by atoms with E-state index in [2.05, 4.69) is 54.5 Å². The molecule has 2 aromatic rings. The molecule has 0 radical (unpaired) electrons. The van der Waals surface area contributed by atoms with Crippen molar-refractivity contribution in [2.24, 2.45) is 0 Å². The van der Waals surface area contributed by atoms with Crippen molar-refractivity contribution >= 4 is 17.9 Å². The Bertz CT molecular complexity index is 939. The number of rotatable bonds is 9. The number of aryl methyl sites for hydroxylation is 1. The number of carboxylic acid groups (broad SMARTS) is 1. The van der Waals surface area contributed by atoms with Crippen LogP contribution in [0.25, 0.3) is 0 Å². The summed E-state index contributed by atoms with van der Waals surface area (Å²) < 4.78 is 5.22. The zero-order valence-corrected chi connectivity index (χ0v) is 19.3. The average molecular weight is 439 g/mol. The topological polar surface area (TPSA) is 78.9 Å². The van der Waals surface area contributed by atoms with Crippen molar-refractivity contribution < 1.29 is 19.4 Å². The molecule has 172 valence electrons. The van der Waals surface area contributed by atoms with Crippen LogP contribution in [0.1, 0.15) is 54.7 Å². The first-order valence-corrected chi connectivity index (χ1v) is 11.2. The number of carbonyl (C=O) groups is 2. The van der Waals surface area contributed by atoms with Gasteiger partial charge in [0.1, 0.15) is 12.0 Å².